The van der Waals surface area contributed by atoms with Gasteiger partial charge < -0.3 is 14.6 Å². The maximum absolute atomic E-state index is 11.5. The van der Waals surface area contributed by atoms with Crippen molar-refractivity contribution < 1.29 is 19.4 Å². The third-order valence-corrected chi connectivity index (χ3v) is 4.26. The summed E-state index contributed by atoms with van der Waals surface area (Å²) in [6, 6.07) is 23.0. The normalized spacial score (nSPS) is 11.1. The van der Waals surface area contributed by atoms with Crippen LogP contribution in [0.4, 0.5) is 0 Å². The van der Waals surface area contributed by atoms with Gasteiger partial charge in [-0.3, -0.25) is 0 Å². The van der Waals surface area contributed by atoms with E-state index >= 15 is 0 Å². The summed E-state index contributed by atoms with van der Waals surface area (Å²) in [6.07, 6.45) is 1.23. The molecule has 3 aromatic rings. The summed E-state index contributed by atoms with van der Waals surface area (Å²) in [7, 11) is 3.12. The van der Waals surface area contributed by atoms with Gasteiger partial charge in [-0.1, -0.05) is 60.7 Å². The number of aliphatic carboxylic acids is 1. The Bertz CT molecular complexity index is 975. The van der Waals surface area contributed by atoms with Crippen LogP contribution in [0.15, 0.2) is 78.9 Å². The summed E-state index contributed by atoms with van der Waals surface area (Å²) in [5.41, 5.74) is 4.14. The summed E-state index contributed by atoms with van der Waals surface area (Å²) in [5.74, 6) is 0.124. The van der Waals surface area contributed by atoms with Crippen LogP contribution in [0, 0.1) is 0 Å². The third kappa shape index (κ3) is 4.01. The van der Waals surface area contributed by atoms with Gasteiger partial charge in [-0.05, 0) is 40.0 Å². The van der Waals surface area contributed by atoms with Crippen LogP contribution in [0.3, 0.4) is 0 Å². The molecule has 0 fully saturated rings. The van der Waals surface area contributed by atoms with E-state index in [1.165, 1.54) is 6.08 Å². The smallest absolute Gasteiger partial charge is 0.328 e. The highest BCUT2D eigenvalue weighted by Crippen LogP contribution is 2.36. The van der Waals surface area contributed by atoms with E-state index in [1.807, 2.05) is 60.7 Å². The van der Waals surface area contributed by atoms with Gasteiger partial charge in [0.1, 0.15) is 0 Å². The number of hydrogen-bond donors (Lipinski definition) is 1. The first-order valence-corrected chi connectivity index (χ1v) is 8.46. The lowest BCUT2D eigenvalue weighted by atomic mass is 9.90. The average Bonchev–Trinajstić information content (AvgIpc) is 2.72. The number of carboxylic acid groups (broad SMARTS) is 1. The zero-order chi connectivity index (χ0) is 19.2. The summed E-state index contributed by atoms with van der Waals surface area (Å²) >= 11 is 0. The Kier molecular flexibility index (Phi) is 5.57. The van der Waals surface area contributed by atoms with E-state index in [2.05, 4.69) is 0 Å². The molecule has 3 rings (SSSR count). The minimum atomic E-state index is -1.01. The van der Waals surface area contributed by atoms with E-state index in [0.29, 0.717) is 17.1 Å². The van der Waals surface area contributed by atoms with Crippen molar-refractivity contribution in [3.63, 3.8) is 0 Å². The van der Waals surface area contributed by atoms with Gasteiger partial charge in [0, 0.05) is 6.08 Å². The molecule has 0 saturated carbocycles. The van der Waals surface area contributed by atoms with E-state index in [-0.39, 0.29) is 0 Å². The number of carbonyl (C=O) groups is 1. The third-order valence-electron chi connectivity index (χ3n) is 4.26. The summed E-state index contributed by atoms with van der Waals surface area (Å²) < 4.78 is 10.7. The molecule has 0 saturated heterocycles. The van der Waals surface area contributed by atoms with Crippen LogP contribution in [-0.4, -0.2) is 25.3 Å². The molecule has 0 aromatic heterocycles. The summed E-state index contributed by atoms with van der Waals surface area (Å²) in [4.78, 5) is 11.5. The van der Waals surface area contributed by atoms with Crippen molar-refractivity contribution in [1.82, 2.24) is 0 Å². The zero-order valence-electron chi connectivity index (χ0n) is 15.2. The number of methoxy groups -OCH3 is 2. The van der Waals surface area contributed by atoms with Crippen molar-refractivity contribution >= 4 is 11.5 Å². The van der Waals surface area contributed by atoms with Crippen LogP contribution in [0.2, 0.25) is 0 Å². The number of hydrogen-bond acceptors (Lipinski definition) is 3. The Morgan fingerprint density at radius 3 is 2.19 bits per heavy atom. The van der Waals surface area contributed by atoms with Gasteiger partial charge in [0.15, 0.2) is 11.5 Å². The molecular formula is C23H20O4. The predicted octanol–water partition coefficient (Wildman–Crippen LogP) is 4.89. The van der Waals surface area contributed by atoms with Crippen molar-refractivity contribution in [3.05, 3.63) is 90.0 Å². The van der Waals surface area contributed by atoms with Crippen molar-refractivity contribution in [2.75, 3.05) is 14.2 Å². The first-order chi connectivity index (χ1) is 13.1. The second kappa shape index (κ2) is 8.23. The van der Waals surface area contributed by atoms with Gasteiger partial charge in [-0.2, -0.15) is 0 Å². The molecule has 3 aromatic carbocycles. The molecule has 0 bridgehead atoms. The van der Waals surface area contributed by atoms with Gasteiger partial charge in [-0.25, -0.2) is 4.79 Å². The molecule has 0 radical (unpaired) electrons. The lowest BCUT2D eigenvalue weighted by Gasteiger charge is -2.15. The Labute approximate surface area is 158 Å². The molecule has 0 aliphatic rings. The molecule has 4 nitrogen and oxygen atoms in total. The van der Waals surface area contributed by atoms with Crippen LogP contribution in [0.5, 0.6) is 11.5 Å². The highest BCUT2D eigenvalue weighted by atomic mass is 16.5. The van der Waals surface area contributed by atoms with Crippen molar-refractivity contribution in [2.45, 2.75) is 0 Å². The molecule has 0 aliphatic heterocycles. The largest absolute Gasteiger partial charge is 0.493 e. The molecular weight excluding hydrogens is 340 g/mol. The number of ether oxygens (including phenoxy) is 2. The van der Waals surface area contributed by atoms with E-state index in [4.69, 9.17) is 9.47 Å². The lowest BCUT2D eigenvalue weighted by molar-refractivity contribution is -0.131. The maximum Gasteiger partial charge on any atom is 0.328 e. The van der Waals surface area contributed by atoms with Gasteiger partial charge in [0.2, 0.25) is 0 Å². The van der Waals surface area contributed by atoms with Crippen LogP contribution in [0.1, 0.15) is 11.1 Å². The fraction of sp³-hybridized carbons (Fsp3) is 0.0870. The van der Waals surface area contributed by atoms with Gasteiger partial charge in [0.05, 0.1) is 14.2 Å². The average molecular weight is 360 g/mol. The van der Waals surface area contributed by atoms with E-state index in [9.17, 15) is 9.90 Å². The highest BCUT2D eigenvalue weighted by Gasteiger charge is 2.15. The second-order valence-corrected chi connectivity index (χ2v) is 5.88. The zero-order valence-corrected chi connectivity index (χ0v) is 15.2. The van der Waals surface area contributed by atoms with Crippen LogP contribution in [0.25, 0.3) is 16.7 Å². The molecule has 1 N–H and O–H groups in total. The number of rotatable bonds is 6. The Morgan fingerprint density at radius 2 is 1.52 bits per heavy atom. The number of carboxylic acids is 1. The molecule has 136 valence electrons. The standard InChI is InChI=1S/C23H20O4/c1-26-21-13-12-17(14-22(21)27-2)20(15-23(24)25)19-11-7-6-10-18(19)16-8-4-3-5-9-16/h3-15H,1-2H3,(H,24,25). The van der Waals surface area contributed by atoms with Gasteiger partial charge in [-0.15, -0.1) is 0 Å². The molecule has 0 heterocycles. The second-order valence-electron chi connectivity index (χ2n) is 5.88. The van der Waals surface area contributed by atoms with E-state index in [1.54, 1.807) is 26.4 Å². The summed E-state index contributed by atoms with van der Waals surface area (Å²) in [5, 5.41) is 9.46. The first kappa shape index (κ1) is 18.3. The van der Waals surface area contributed by atoms with Crippen LogP contribution >= 0.6 is 0 Å². The Balaban J connectivity index is 2.21. The highest BCUT2D eigenvalue weighted by molar-refractivity contribution is 5.98. The maximum atomic E-state index is 11.5. The molecule has 0 aliphatic carbocycles. The predicted molar refractivity (Wildman–Crippen MR) is 106 cm³/mol. The van der Waals surface area contributed by atoms with Gasteiger partial charge in [0.25, 0.3) is 0 Å². The van der Waals surface area contributed by atoms with Gasteiger partial charge >= 0.3 is 5.97 Å². The van der Waals surface area contributed by atoms with E-state index < -0.39 is 5.97 Å². The van der Waals surface area contributed by atoms with E-state index in [0.717, 1.165) is 22.3 Å². The number of benzene rings is 3. The first-order valence-electron chi connectivity index (χ1n) is 8.46. The van der Waals surface area contributed by atoms with Crippen molar-refractivity contribution in [1.29, 1.82) is 0 Å². The quantitative estimate of drug-likeness (QED) is 0.636. The van der Waals surface area contributed by atoms with Crippen molar-refractivity contribution in [3.8, 4) is 22.6 Å². The Hall–Kier alpha value is -3.53. The van der Waals surface area contributed by atoms with Crippen molar-refractivity contribution in [2.24, 2.45) is 0 Å². The summed E-state index contributed by atoms with van der Waals surface area (Å²) in [6.45, 7) is 0. The Morgan fingerprint density at radius 1 is 0.852 bits per heavy atom. The lowest BCUT2D eigenvalue weighted by Crippen LogP contribution is -1.98. The monoisotopic (exact) mass is 360 g/mol. The van der Waals surface area contributed by atoms with Crippen LogP contribution < -0.4 is 9.47 Å². The molecule has 0 atom stereocenters. The molecule has 27 heavy (non-hydrogen) atoms. The SMILES string of the molecule is COc1ccc(C(=CC(=O)O)c2ccccc2-c2ccccc2)cc1OC. The fourth-order valence-electron chi connectivity index (χ4n) is 3.03. The topological polar surface area (TPSA) is 55.8 Å². The molecule has 4 heteroatoms. The fourth-order valence-corrected chi connectivity index (χ4v) is 3.03. The minimum absolute atomic E-state index is 0.545. The minimum Gasteiger partial charge on any atom is -0.493 e. The molecule has 0 unspecified atom stereocenters. The molecule has 0 spiro atoms. The molecule has 0 amide bonds. The van der Waals surface area contributed by atoms with Crippen LogP contribution in [-0.2, 0) is 4.79 Å².